The molecule has 0 bridgehead atoms. The fourth-order valence-corrected chi connectivity index (χ4v) is 2.05. The lowest BCUT2D eigenvalue weighted by atomic mass is 10.1. The predicted octanol–water partition coefficient (Wildman–Crippen LogP) is 2.34. The summed E-state index contributed by atoms with van der Waals surface area (Å²) in [6.07, 6.45) is 5.58. The van der Waals surface area contributed by atoms with Gasteiger partial charge in [-0.2, -0.15) is 5.10 Å². The first kappa shape index (κ1) is 13.6. The summed E-state index contributed by atoms with van der Waals surface area (Å²) in [5.74, 6) is 0.883. The predicted molar refractivity (Wildman–Crippen MR) is 82.5 cm³/mol. The van der Waals surface area contributed by atoms with Crippen LogP contribution in [-0.2, 0) is 0 Å². The molecule has 3 rings (SSSR count). The smallest absolute Gasteiger partial charge is 0.154 e. The molecule has 0 spiro atoms. The number of ether oxygens (including phenoxy) is 1. The second-order valence-electron chi connectivity index (χ2n) is 5.15. The van der Waals surface area contributed by atoms with Crippen LogP contribution < -0.4 is 4.74 Å². The van der Waals surface area contributed by atoms with Gasteiger partial charge in [-0.15, -0.1) is 0 Å². The quantitative estimate of drug-likeness (QED) is 0.720. The van der Waals surface area contributed by atoms with Gasteiger partial charge in [0, 0.05) is 30.6 Å². The summed E-state index contributed by atoms with van der Waals surface area (Å²) in [4.78, 5) is 6.47. The van der Waals surface area contributed by atoms with Crippen LogP contribution in [0.3, 0.4) is 0 Å². The van der Waals surface area contributed by atoms with Crippen molar-refractivity contribution in [2.24, 2.45) is 0 Å². The van der Waals surface area contributed by atoms with E-state index in [9.17, 15) is 0 Å². The maximum Gasteiger partial charge on any atom is 0.154 e. The Balaban J connectivity index is 1.73. The van der Waals surface area contributed by atoms with Gasteiger partial charge in [0.25, 0.3) is 0 Å². The van der Waals surface area contributed by atoms with E-state index in [1.54, 1.807) is 10.7 Å². The fraction of sp³-hybridized carbons (Fsp3) is 0.250. The number of aromatic nitrogens is 3. The van der Waals surface area contributed by atoms with Crippen LogP contribution in [0.25, 0.3) is 16.8 Å². The van der Waals surface area contributed by atoms with Crippen molar-refractivity contribution in [2.45, 2.75) is 0 Å². The molecule has 2 heterocycles. The highest BCUT2D eigenvalue weighted by atomic mass is 16.5. The monoisotopic (exact) mass is 282 g/mol. The molecule has 108 valence electrons. The maximum atomic E-state index is 5.69. The molecule has 2 aromatic heterocycles. The van der Waals surface area contributed by atoms with E-state index in [2.05, 4.69) is 15.0 Å². The lowest BCUT2D eigenvalue weighted by Crippen LogP contribution is -2.19. The van der Waals surface area contributed by atoms with Crippen molar-refractivity contribution < 1.29 is 4.74 Å². The molecular weight excluding hydrogens is 264 g/mol. The Labute approximate surface area is 123 Å². The van der Waals surface area contributed by atoms with Gasteiger partial charge in [-0.05, 0) is 31.8 Å². The molecule has 0 unspecified atom stereocenters. The van der Waals surface area contributed by atoms with Gasteiger partial charge < -0.3 is 9.64 Å². The van der Waals surface area contributed by atoms with E-state index < -0.39 is 0 Å². The normalized spacial score (nSPS) is 11.2. The van der Waals surface area contributed by atoms with E-state index >= 15 is 0 Å². The highest BCUT2D eigenvalue weighted by Gasteiger charge is 2.02. The molecule has 5 heteroatoms. The van der Waals surface area contributed by atoms with Crippen molar-refractivity contribution in [3.63, 3.8) is 0 Å². The molecule has 0 fully saturated rings. The van der Waals surface area contributed by atoms with Crippen molar-refractivity contribution >= 4 is 5.65 Å². The summed E-state index contributed by atoms with van der Waals surface area (Å²) < 4.78 is 7.47. The van der Waals surface area contributed by atoms with Crippen molar-refractivity contribution in [1.29, 1.82) is 0 Å². The number of benzene rings is 1. The van der Waals surface area contributed by atoms with E-state index in [1.807, 2.05) is 56.8 Å². The largest absolute Gasteiger partial charge is 0.492 e. The Morgan fingerprint density at radius 3 is 2.67 bits per heavy atom. The van der Waals surface area contributed by atoms with Gasteiger partial charge in [0.1, 0.15) is 12.4 Å². The first-order valence-electron chi connectivity index (χ1n) is 6.90. The Morgan fingerprint density at radius 1 is 1.10 bits per heavy atom. The Hall–Kier alpha value is -2.40. The van der Waals surface area contributed by atoms with Gasteiger partial charge >= 0.3 is 0 Å². The molecule has 0 N–H and O–H groups in total. The third-order valence-electron chi connectivity index (χ3n) is 3.24. The second-order valence-corrected chi connectivity index (χ2v) is 5.15. The molecule has 0 atom stereocenters. The minimum Gasteiger partial charge on any atom is -0.492 e. The van der Waals surface area contributed by atoms with Crippen molar-refractivity contribution in [3.05, 3.63) is 48.9 Å². The average Bonchev–Trinajstić information content (AvgIpc) is 2.95. The highest BCUT2D eigenvalue weighted by molar-refractivity contribution is 5.63. The number of fused-ring (bicyclic) bond motifs is 1. The molecule has 5 nitrogen and oxygen atoms in total. The topological polar surface area (TPSA) is 42.7 Å². The summed E-state index contributed by atoms with van der Waals surface area (Å²) in [6, 6.07) is 9.93. The minimum atomic E-state index is 0.688. The van der Waals surface area contributed by atoms with Crippen molar-refractivity contribution in [1.82, 2.24) is 19.5 Å². The molecular formula is C16H18N4O. The van der Waals surface area contributed by atoms with E-state index in [1.165, 1.54) is 0 Å². The van der Waals surface area contributed by atoms with Gasteiger partial charge in [0.05, 0.1) is 6.20 Å². The van der Waals surface area contributed by atoms with Crippen LogP contribution in [0.4, 0.5) is 0 Å². The molecule has 1 aromatic carbocycles. The molecule has 0 amide bonds. The van der Waals surface area contributed by atoms with Gasteiger partial charge in [0.15, 0.2) is 5.65 Å². The standard InChI is InChI=1S/C16H18N4O/c1-19(2)9-10-21-15-5-3-13(4-6-15)14-11-17-16-7-8-18-20(16)12-14/h3-8,11-12H,9-10H2,1-2H3. The molecule has 21 heavy (non-hydrogen) atoms. The Morgan fingerprint density at radius 2 is 1.90 bits per heavy atom. The number of hydrogen-bond donors (Lipinski definition) is 0. The SMILES string of the molecule is CN(C)CCOc1ccc(-c2cnc3ccnn3c2)cc1. The van der Waals surface area contributed by atoms with Crippen molar-refractivity contribution in [3.8, 4) is 16.9 Å². The van der Waals surface area contributed by atoms with Gasteiger partial charge in [0.2, 0.25) is 0 Å². The number of likely N-dealkylation sites (N-methyl/N-ethyl adjacent to an activating group) is 1. The number of hydrogen-bond acceptors (Lipinski definition) is 4. The van der Waals surface area contributed by atoms with E-state index in [4.69, 9.17) is 4.74 Å². The van der Waals surface area contributed by atoms with Crippen LogP contribution in [0.15, 0.2) is 48.9 Å². The molecule has 0 radical (unpaired) electrons. The molecule has 3 aromatic rings. The van der Waals surface area contributed by atoms with Crippen LogP contribution in [-0.4, -0.2) is 46.7 Å². The zero-order valence-electron chi connectivity index (χ0n) is 12.2. The first-order valence-corrected chi connectivity index (χ1v) is 6.90. The summed E-state index contributed by atoms with van der Waals surface area (Å²) in [5.41, 5.74) is 2.98. The Kier molecular flexibility index (Phi) is 3.83. The van der Waals surface area contributed by atoms with Gasteiger partial charge in [-0.3, -0.25) is 0 Å². The minimum absolute atomic E-state index is 0.688. The van der Waals surface area contributed by atoms with E-state index in [0.29, 0.717) is 6.61 Å². The molecule has 0 aliphatic heterocycles. The molecule has 0 aliphatic rings. The average molecular weight is 282 g/mol. The van der Waals surface area contributed by atoms with Crippen molar-refractivity contribution in [2.75, 3.05) is 27.2 Å². The fourth-order valence-electron chi connectivity index (χ4n) is 2.05. The number of nitrogens with zero attached hydrogens (tertiary/aromatic N) is 4. The lowest BCUT2D eigenvalue weighted by molar-refractivity contribution is 0.261. The summed E-state index contributed by atoms with van der Waals surface area (Å²) >= 11 is 0. The van der Waals surface area contributed by atoms with Crippen LogP contribution in [0, 0.1) is 0 Å². The van der Waals surface area contributed by atoms with E-state index in [-0.39, 0.29) is 0 Å². The third-order valence-corrected chi connectivity index (χ3v) is 3.24. The van der Waals surface area contributed by atoms with Gasteiger partial charge in [-0.25, -0.2) is 9.50 Å². The van der Waals surface area contributed by atoms with Gasteiger partial charge in [-0.1, -0.05) is 12.1 Å². The lowest BCUT2D eigenvalue weighted by Gasteiger charge is -2.11. The maximum absolute atomic E-state index is 5.69. The third kappa shape index (κ3) is 3.20. The first-order chi connectivity index (χ1) is 10.2. The van der Waals surface area contributed by atoms with Crippen LogP contribution in [0.5, 0.6) is 5.75 Å². The molecule has 0 saturated carbocycles. The molecule has 0 saturated heterocycles. The second kappa shape index (κ2) is 5.93. The summed E-state index contributed by atoms with van der Waals surface area (Å²) in [5, 5.41) is 4.20. The zero-order chi connectivity index (χ0) is 14.7. The number of rotatable bonds is 5. The summed E-state index contributed by atoms with van der Waals surface area (Å²) in [6.45, 7) is 1.59. The highest BCUT2D eigenvalue weighted by Crippen LogP contribution is 2.21. The van der Waals surface area contributed by atoms with Crippen LogP contribution in [0.1, 0.15) is 0 Å². The van der Waals surface area contributed by atoms with E-state index in [0.717, 1.165) is 29.1 Å². The van der Waals surface area contributed by atoms with Crippen LogP contribution in [0.2, 0.25) is 0 Å². The Bertz CT molecular complexity index is 718. The molecule has 0 aliphatic carbocycles. The summed E-state index contributed by atoms with van der Waals surface area (Å²) in [7, 11) is 4.07. The zero-order valence-corrected chi connectivity index (χ0v) is 12.2. The van der Waals surface area contributed by atoms with Crippen LogP contribution >= 0.6 is 0 Å².